The number of aromatic nitrogens is 1. The van der Waals surface area contributed by atoms with E-state index in [1.807, 2.05) is 13.0 Å². The molecule has 0 atom stereocenters. The van der Waals surface area contributed by atoms with E-state index in [9.17, 15) is 14.9 Å². The Labute approximate surface area is 182 Å². The van der Waals surface area contributed by atoms with Crippen LogP contribution in [0.15, 0.2) is 58.9 Å². The average Bonchev–Trinajstić information content (AvgIpc) is 2.72. The maximum Gasteiger partial charge on any atom is 0.297 e. The monoisotopic (exact) mass is 426 g/mol. The van der Waals surface area contributed by atoms with Gasteiger partial charge in [-0.2, -0.15) is 0 Å². The Kier molecular flexibility index (Phi) is 8.61. The van der Waals surface area contributed by atoms with Crippen molar-refractivity contribution in [2.45, 2.75) is 47.1 Å². The van der Waals surface area contributed by atoms with Gasteiger partial charge in [0.15, 0.2) is 5.75 Å². The third-order valence-corrected chi connectivity index (χ3v) is 4.79. The summed E-state index contributed by atoms with van der Waals surface area (Å²) in [7, 11) is 0. The molecule has 0 radical (unpaired) electrons. The summed E-state index contributed by atoms with van der Waals surface area (Å²) >= 11 is 0. The first-order chi connectivity index (χ1) is 14.8. The van der Waals surface area contributed by atoms with Crippen LogP contribution in [0, 0.1) is 10.1 Å². The molecule has 1 aromatic carbocycles. The molecule has 0 saturated heterocycles. The van der Waals surface area contributed by atoms with E-state index in [4.69, 9.17) is 9.47 Å². The summed E-state index contributed by atoms with van der Waals surface area (Å²) in [5.41, 5.74) is 2.41. The molecule has 0 bridgehead atoms. The van der Waals surface area contributed by atoms with Crippen molar-refractivity contribution in [2.24, 2.45) is 0 Å². The van der Waals surface area contributed by atoms with Gasteiger partial charge < -0.3 is 14.0 Å². The Balaban J connectivity index is 2.49. The molecule has 0 saturated carbocycles. The zero-order valence-corrected chi connectivity index (χ0v) is 18.6. The largest absolute Gasteiger partial charge is 0.485 e. The first-order valence-corrected chi connectivity index (χ1v) is 10.3. The number of nitro benzene ring substituents is 1. The number of non-ortho nitro benzene ring substituents is 1. The molecule has 0 aliphatic heterocycles. The van der Waals surface area contributed by atoms with Gasteiger partial charge in [-0.05, 0) is 52.7 Å². The second kappa shape index (κ2) is 11.2. The maximum atomic E-state index is 13.1. The normalized spacial score (nSPS) is 11.3. The van der Waals surface area contributed by atoms with Gasteiger partial charge in [0.25, 0.3) is 11.2 Å². The minimum absolute atomic E-state index is 0.0821. The van der Waals surface area contributed by atoms with Crippen LogP contribution in [0.2, 0.25) is 0 Å². The lowest BCUT2D eigenvalue weighted by atomic mass is 10.1. The van der Waals surface area contributed by atoms with Crippen molar-refractivity contribution in [1.82, 2.24) is 4.57 Å². The fourth-order valence-corrected chi connectivity index (χ4v) is 3.18. The molecule has 0 N–H and O–H groups in total. The van der Waals surface area contributed by atoms with Crippen molar-refractivity contribution in [3.63, 3.8) is 0 Å². The summed E-state index contributed by atoms with van der Waals surface area (Å²) in [4.78, 5) is 23.8. The third-order valence-electron chi connectivity index (χ3n) is 4.79. The molecule has 7 heteroatoms. The predicted molar refractivity (Wildman–Crippen MR) is 124 cm³/mol. The van der Waals surface area contributed by atoms with Crippen LogP contribution in [0.4, 0.5) is 5.69 Å². The molecular weight excluding hydrogens is 396 g/mol. The first kappa shape index (κ1) is 23.9. The number of fused-ring (bicyclic) bond motifs is 1. The average molecular weight is 427 g/mol. The van der Waals surface area contributed by atoms with Gasteiger partial charge in [-0.15, -0.1) is 0 Å². The van der Waals surface area contributed by atoms with Crippen LogP contribution in [-0.2, 0) is 6.54 Å². The van der Waals surface area contributed by atoms with Crippen LogP contribution in [0.3, 0.4) is 0 Å². The maximum absolute atomic E-state index is 13.1. The molecule has 0 aliphatic rings. The number of hydrogen-bond acceptors (Lipinski definition) is 5. The van der Waals surface area contributed by atoms with Crippen LogP contribution < -0.4 is 15.0 Å². The lowest BCUT2D eigenvalue weighted by Gasteiger charge is -2.17. The number of rotatable bonds is 11. The summed E-state index contributed by atoms with van der Waals surface area (Å²) in [6.07, 6.45) is 7.58. The van der Waals surface area contributed by atoms with E-state index in [1.165, 1.54) is 27.8 Å². The molecule has 2 aromatic rings. The van der Waals surface area contributed by atoms with Crippen molar-refractivity contribution in [3.8, 4) is 11.5 Å². The zero-order valence-electron chi connectivity index (χ0n) is 18.6. The van der Waals surface area contributed by atoms with E-state index in [0.29, 0.717) is 17.4 Å². The molecule has 0 spiro atoms. The summed E-state index contributed by atoms with van der Waals surface area (Å²) in [6, 6.07) is 4.39. The van der Waals surface area contributed by atoms with Crippen molar-refractivity contribution in [1.29, 1.82) is 0 Å². The molecule has 0 fully saturated rings. The standard InChI is InChI=1S/C24H30N2O5/c1-6-14-30-23-22(31-15-13-18(5)10-8-9-17(3)4)20-12-11-19(26(28)29)16-21(20)25(7-2)24(23)27/h6,9,11-13,16H,1,7-8,10,14-15H2,2-5H3/b18-13+. The van der Waals surface area contributed by atoms with Gasteiger partial charge in [-0.25, -0.2) is 0 Å². The molecule has 1 heterocycles. The van der Waals surface area contributed by atoms with E-state index < -0.39 is 10.5 Å². The number of ether oxygens (including phenoxy) is 2. The number of benzene rings is 1. The van der Waals surface area contributed by atoms with E-state index in [0.717, 1.165) is 12.8 Å². The smallest absolute Gasteiger partial charge is 0.297 e. The van der Waals surface area contributed by atoms with Crippen molar-refractivity contribution in [2.75, 3.05) is 13.2 Å². The lowest BCUT2D eigenvalue weighted by molar-refractivity contribution is -0.384. The SMILES string of the molecule is C=CCOc1c(OC/C=C(\C)CCC=C(C)C)c2ccc([N+](=O)[O-])cc2n(CC)c1=O. The van der Waals surface area contributed by atoms with Crippen molar-refractivity contribution in [3.05, 3.63) is 74.6 Å². The fourth-order valence-electron chi connectivity index (χ4n) is 3.18. The molecule has 2 rings (SSSR count). The minimum atomic E-state index is -0.481. The van der Waals surface area contributed by atoms with Gasteiger partial charge in [0.05, 0.1) is 10.4 Å². The van der Waals surface area contributed by atoms with Crippen LogP contribution >= 0.6 is 0 Å². The van der Waals surface area contributed by atoms with Gasteiger partial charge in [0.2, 0.25) is 5.75 Å². The summed E-state index contributed by atoms with van der Waals surface area (Å²) in [5, 5.41) is 11.8. The predicted octanol–water partition coefficient (Wildman–Crippen LogP) is 5.57. The van der Waals surface area contributed by atoms with Gasteiger partial charge in [0.1, 0.15) is 13.2 Å². The van der Waals surface area contributed by atoms with Crippen molar-refractivity contribution >= 4 is 16.6 Å². The van der Waals surface area contributed by atoms with E-state index in [-0.39, 0.29) is 30.4 Å². The number of nitrogens with zero attached hydrogens (tertiary/aromatic N) is 2. The zero-order chi connectivity index (χ0) is 23.0. The van der Waals surface area contributed by atoms with E-state index in [2.05, 4.69) is 26.5 Å². The fraction of sp³-hybridized carbons (Fsp3) is 0.375. The minimum Gasteiger partial charge on any atom is -0.485 e. The van der Waals surface area contributed by atoms with Crippen LogP contribution in [0.5, 0.6) is 11.5 Å². The second-order valence-electron chi connectivity index (χ2n) is 7.45. The Morgan fingerprint density at radius 3 is 2.48 bits per heavy atom. The van der Waals surface area contributed by atoms with Gasteiger partial charge >= 0.3 is 0 Å². The number of allylic oxidation sites excluding steroid dienone is 3. The number of nitro groups is 1. The Morgan fingerprint density at radius 1 is 1.16 bits per heavy atom. The summed E-state index contributed by atoms with van der Waals surface area (Å²) < 4.78 is 13.1. The highest BCUT2D eigenvalue weighted by Gasteiger charge is 2.21. The number of pyridine rings is 1. The van der Waals surface area contributed by atoms with Gasteiger partial charge in [-0.3, -0.25) is 14.9 Å². The third kappa shape index (κ3) is 6.07. The van der Waals surface area contributed by atoms with Gasteiger partial charge in [-0.1, -0.05) is 29.9 Å². The lowest BCUT2D eigenvalue weighted by Crippen LogP contribution is -2.23. The Morgan fingerprint density at radius 2 is 1.87 bits per heavy atom. The Bertz CT molecular complexity index is 1080. The topological polar surface area (TPSA) is 83.6 Å². The van der Waals surface area contributed by atoms with E-state index >= 15 is 0 Å². The molecule has 0 aliphatic carbocycles. The molecule has 166 valence electrons. The number of aryl methyl sites for hydroxylation is 1. The number of hydrogen-bond donors (Lipinski definition) is 0. The molecule has 7 nitrogen and oxygen atoms in total. The highest BCUT2D eigenvalue weighted by atomic mass is 16.6. The molecular formula is C24H30N2O5. The van der Waals surface area contributed by atoms with Gasteiger partial charge in [0, 0.05) is 24.1 Å². The van der Waals surface area contributed by atoms with E-state index in [1.54, 1.807) is 19.1 Å². The second-order valence-corrected chi connectivity index (χ2v) is 7.45. The molecule has 0 amide bonds. The Hall–Kier alpha value is -3.35. The van der Waals surface area contributed by atoms with Crippen LogP contribution in [-0.4, -0.2) is 22.7 Å². The quantitative estimate of drug-likeness (QED) is 0.267. The highest BCUT2D eigenvalue weighted by Crippen LogP contribution is 2.34. The summed E-state index contributed by atoms with van der Waals surface area (Å²) in [6.45, 7) is 12.4. The van der Waals surface area contributed by atoms with Crippen LogP contribution in [0.1, 0.15) is 40.5 Å². The highest BCUT2D eigenvalue weighted by molar-refractivity contribution is 5.89. The first-order valence-electron chi connectivity index (χ1n) is 10.3. The van der Waals surface area contributed by atoms with Crippen molar-refractivity contribution < 1.29 is 14.4 Å². The summed E-state index contributed by atoms with van der Waals surface area (Å²) in [5.74, 6) is 0.369. The molecule has 31 heavy (non-hydrogen) atoms. The molecule has 0 unspecified atom stereocenters. The van der Waals surface area contributed by atoms with Crippen LogP contribution in [0.25, 0.3) is 10.9 Å². The molecule has 1 aromatic heterocycles.